The maximum atomic E-state index is 3.61. The van der Waals surface area contributed by atoms with Crippen LogP contribution < -0.4 is 5.32 Å². The first-order valence-electron chi connectivity index (χ1n) is 7.87. The van der Waals surface area contributed by atoms with Gasteiger partial charge in [-0.2, -0.15) is 0 Å². The minimum atomic E-state index is 0.811. The fourth-order valence-electron chi connectivity index (χ4n) is 3.57. The molecule has 2 heteroatoms. The lowest BCUT2D eigenvalue weighted by Gasteiger charge is -2.38. The molecular weight excluding hydrogens is 208 g/mol. The Labute approximate surface area is 107 Å². The molecular formula is C15H30N2. The molecule has 1 heterocycles. The first-order valence-corrected chi connectivity index (χ1v) is 7.87. The van der Waals surface area contributed by atoms with Crippen LogP contribution in [0.5, 0.6) is 0 Å². The van der Waals surface area contributed by atoms with Gasteiger partial charge in [-0.15, -0.1) is 0 Å². The maximum absolute atomic E-state index is 3.61. The Hall–Kier alpha value is -0.0800. The lowest BCUT2D eigenvalue weighted by Crippen LogP contribution is -2.43. The van der Waals surface area contributed by atoms with E-state index in [0.717, 1.165) is 18.6 Å². The predicted molar refractivity (Wildman–Crippen MR) is 74.4 cm³/mol. The van der Waals surface area contributed by atoms with Crippen LogP contribution >= 0.6 is 0 Å². The number of likely N-dealkylation sites (tertiary alicyclic amines) is 1. The number of nitrogens with one attached hydrogen (secondary N) is 1. The van der Waals surface area contributed by atoms with Gasteiger partial charge in [-0.1, -0.05) is 26.2 Å². The molecule has 17 heavy (non-hydrogen) atoms. The van der Waals surface area contributed by atoms with Crippen molar-refractivity contribution in [3.05, 3.63) is 0 Å². The van der Waals surface area contributed by atoms with Gasteiger partial charge in [-0.25, -0.2) is 0 Å². The van der Waals surface area contributed by atoms with Gasteiger partial charge in [-0.3, -0.25) is 0 Å². The van der Waals surface area contributed by atoms with Crippen LogP contribution in [0.3, 0.4) is 0 Å². The molecule has 1 aliphatic carbocycles. The van der Waals surface area contributed by atoms with E-state index in [1.807, 2.05) is 0 Å². The second-order valence-corrected chi connectivity index (χ2v) is 5.87. The highest BCUT2D eigenvalue weighted by atomic mass is 15.2. The molecule has 0 aromatic heterocycles. The van der Waals surface area contributed by atoms with Crippen LogP contribution in [0.4, 0.5) is 0 Å². The van der Waals surface area contributed by atoms with E-state index in [-0.39, 0.29) is 0 Å². The highest BCUT2D eigenvalue weighted by Crippen LogP contribution is 2.25. The first kappa shape index (κ1) is 13.4. The number of hydrogen-bond donors (Lipinski definition) is 1. The Bertz CT molecular complexity index is 189. The van der Waals surface area contributed by atoms with Crippen LogP contribution in [0.15, 0.2) is 0 Å². The zero-order valence-electron chi connectivity index (χ0n) is 11.6. The Morgan fingerprint density at radius 2 is 1.47 bits per heavy atom. The fraction of sp³-hybridized carbons (Fsp3) is 1.00. The number of nitrogens with zero attached hydrogens (tertiary/aromatic N) is 1. The molecule has 2 rings (SSSR count). The minimum absolute atomic E-state index is 0.811. The van der Waals surface area contributed by atoms with Crippen molar-refractivity contribution < 1.29 is 0 Å². The monoisotopic (exact) mass is 238 g/mol. The molecule has 0 atom stereocenters. The topological polar surface area (TPSA) is 15.3 Å². The van der Waals surface area contributed by atoms with Gasteiger partial charge in [0.2, 0.25) is 0 Å². The van der Waals surface area contributed by atoms with Crippen molar-refractivity contribution in [2.75, 3.05) is 19.6 Å². The normalized spacial score (nSPS) is 33.0. The molecule has 0 amide bonds. The van der Waals surface area contributed by atoms with E-state index in [1.165, 1.54) is 70.9 Å². The molecule has 2 nitrogen and oxygen atoms in total. The van der Waals surface area contributed by atoms with E-state index in [0.29, 0.717) is 0 Å². The molecule has 0 aromatic carbocycles. The Balaban J connectivity index is 1.74. The van der Waals surface area contributed by atoms with Crippen LogP contribution in [-0.4, -0.2) is 36.6 Å². The number of hydrogen-bond acceptors (Lipinski definition) is 2. The van der Waals surface area contributed by atoms with E-state index in [9.17, 15) is 0 Å². The van der Waals surface area contributed by atoms with E-state index in [4.69, 9.17) is 0 Å². The highest BCUT2D eigenvalue weighted by Gasteiger charge is 2.25. The molecule has 1 aliphatic heterocycles. The lowest BCUT2D eigenvalue weighted by atomic mass is 9.89. The average Bonchev–Trinajstić information content (AvgIpc) is 2.30. The van der Waals surface area contributed by atoms with Gasteiger partial charge in [0.1, 0.15) is 0 Å². The summed E-state index contributed by atoms with van der Waals surface area (Å²) in [6, 6.07) is 1.72. The number of rotatable bonds is 3. The largest absolute Gasteiger partial charge is 0.314 e. The summed E-state index contributed by atoms with van der Waals surface area (Å²) in [7, 11) is 0. The van der Waals surface area contributed by atoms with Crippen molar-refractivity contribution in [3.63, 3.8) is 0 Å². The predicted octanol–water partition coefficient (Wildman–Crippen LogP) is 3.17. The smallest absolute Gasteiger partial charge is 0.00964 e. The van der Waals surface area contributed by atoms with Crippen LogP contribution in [0, 0.1) is 0 Å². The average molecular weight is 238 g/mol. The van der Waals surface area contributed by atoms with E-state index in [2.05, 4.69) is 17.1 Å². The molecule has 2 aliphatic rings. The van der Waals surface area contributed by atoms with E-state index >= 15 is 0 Å². The molecule has 0 radical (unpaired) electrons. The molecule has 0 bridgehead atoms. The summed E-state index contributed by atoms with van der Waals surface area (Å²) in [4.78, 5) is 2.81. The standard InChI is InChI=1S/C15H30N2/c1-2-16-14-8-10-15(11-9-14)17-12-6-4-3-5-7-13-17/h14-16H,2-13H2,1H3. The third-order valence-electron chi connectivity index (χ3n) is 4.60. The second-order valence-electron chi connectivity index (χ2n) is 5.87. The zero-order chi connectivity index (χ0) is 11.9. The SMILES string of the molecule is CCNC1CCC(N2CCCCCCC2)CC1. The summed E-state index contributed by atoms with van der Waals surface area (Å²) < 4.78 is 0. The van der Waals surface area contributed by atoms with Crippen molar-refractivity contribution in [3.8, 4) is 0 Å². The highest BCUT2D eigenvalue weighted by molar-refractivity contribution is 4.83. The third kappa shape index (κ3) is 4.26. The fourth-order valence-corrected chi connectivity index (χ4v) is 3.57. The second kappa shape index (κ2) is 7.38. The molecule has 1 saturated carbocycles. The first-order chi connectivity index (χ1) is 8.40. The summed E-state index contributed by atoms with van der Waals surface area (Å²) in [5.74, 6) is 0. The van der Waals surface area contributed by atoms with Gasteiger partial charge in [0, 0.05) is 12.1 Å². The molecule has 100 valence electrons. The Kier molecular flexibility index (Phi) is 5.79. The Morgan fingerprint density at radius 3 is 2.06 bits per heavy atom. The van der Waals surface area contributed by atoms with Crippen LogP contribution in [0.2, 0.25) is 0 Å². The molecule has 0 unspecified atom stereocenters. The van der Waals surface area contributed by atoms with Crippen LogP contribution in [-0.2, 0) is 0 Å². The van der Waals surface area contributed by atoms with Crippen LogP contribution in [0.25, 0.3) is 0 Å². The van der Waals surface area contributed by atoms with E-state index in [1.54, 1.807) is 0 Å². The van der Waals surface area contributed by atoms with Crippen molar-refractivity contribution >= 4 is 0 Å². The zero-order valence-corrected chi connectivity index (χ0v) is 11.6. The summed E-state index contributed by atoms with van der Waals surface area (Å²) >= 11 is 0. The quantitative estimate of drug-likeness (QED) is 0.812. The summed E-state index contributed by atoms with van der Waals surface area (Å²) in [6.07, 6.45) is 12.9. The van der Waals surface area contributed by atoms with Crippen molar-refractivity contribution in [2.45, 2.75) is 76.8 Å². The van der Waals surface area contributed by atoms with Gasteiger partial charge in [0.25, 0.3) is 0 Å². The third-order valence-corrected chi connectivity index (χ3v) is 4.60. The summed E-state index contributed by atoms with van der Waals surface area (Å²) in [5.41, 5.74) is 0. The van der Waals surface area contributed by atoms with E-state index < -0.39 is 0 Å². The molecule has 0 spiro atoms. The summed E-state index contributed by atoms with van der Waals surface area (Å²) in [5, 5.41) is 3.61. The van der Waals surface area contributed by atoms with Gasteiger partial charge >= 0.3 is 0 Å². The van der Waals surface area contributed by atoms with Crippen molar-refractivity contribution in [1.82, 2.24) is 10.2 Å². The van der Waals surface area contributed by atoms with Crippen molar-refractivity contribution in [2.24, 2.45) is 0 Å². The minimum Gasteiger partial charge on any atom is -0.314 e. The molecule has 1 N–H and O–H groups in total. The lowest BCUT2D eigenvalue weighted by molar-refractivity contribution is 0.133. The molecule has 2 fully saturated rings. The van der Waals surface area contributed by atoms with Crippen molar-refractivity contribution in [1.29, 1.82) is 0 Å². The van der Waals surface area contributed by atoms with Crippen LogP contribution in [0.1, 0.15) is 64.7 Å². The Morgan fingerprint density at radius 1 is 0.882 bits per heavy atom. The molecule has 1 saturated heterocycles. The maximum Gasteiger partial charge on any atom is 0.00964 e. The molecule has 0 aromatic rings. The van der Waals surface area contributed by atoms with Gasteiger partial charge in [0.05, 0.1) is 0 Å². The summed E-state index contributed by atoms with van der Waals surface area (Å²) in [6.45, 7) is 6.11. The van der Waals surface area contributed by atoms with Gasteiger partial charge < -0.3 is 10.2 Å². The van der Waals surface area contributed by atoms with Gasteiger partial charge in [-0.05, 0) is 58.2 Å². The van der Waals surface area contributed by atoms with Gasteiger partial charge in [0.15, 0.2) is 0 Å².